The number of nitrogens with zero attached hydrogens (tertiary/aromatic N) is 2. The molecule has 0 spiro atoms. The molecule has 0 amide bonds. The molecule has 0 bridgehead atoms. The standard InChI is InChI=1S/C15H12F3N3OS/c1-8-21-13-9(6-19)2-4-11(14(13)23-8)22-12-5-3-10(7-20-12)15(16,17)18/h2-5,7H,6,19H2,1H3. The molecule has 8 heteroatoms. The number of aryl methyl sites for hydroxylation is 1. The zero-order valence-electron chi connectivity index (χ0n) is 12.0. The first kappa shape index (κ1) is 15.7. The number of benzene rings is 1. The fraction of sp³-hybridized carbons (Fsp3) is 0.200. The van der Waals surface area contributed by atoms with Crippen LogP contribution in [-0.2, 0) is 12.7 Å². The van der Waals surface area contributed by atoms with Gasteiger partial charge in [0, 0.05) is 18.8 Å². The van der Waals surface area contributed by atoms with Gasteiger partial charge in [0.1, 0.15) is 5.75 Å². The summed E-state index contributed by atoms with van der Waals surface area (Å²) in [6.07, 6.45) is -3.67. The molecule has 3 aromatic rings. The number of aromatic nitrogens is 2. The van der Waals surface area contributed by atoms with Crippen molar-refractivity contribution in [3.8, 4) is 11.6 Å². The molecule has 2 N–H and O–H groups in total. The lowest BCUT2D eigenvalue weighted by molar-refractivity contribution is -0.137. The lowest BCUT2D eigenvalue weighted by Gasteiger charge is -2.09. The Bertz CT molecular complexity index is 844. The van der Waals surface area contributed by atoms with Crippen LogP contribution in [0, 0.1) is 6.92 Å². The first-order chi connectivity index (χ1) is 10.9. The average molecular weight is 339 g/mol. The van der Waals surface area contributed by atoms with Crippen LogP contribution >= 0.6 is 11.3 Å². The molecular formula is C15H12F3N3OS. The first-order valence-electron chi connectivity index (χ1n) is 6.68. The SMILES string of the molecule is Cc1nc2c(CN)ccc(Oc3ccc(C(F)(F)F)cn3)c2s1. The predicted molar refractivity (Wildman–Crippen MR) is 81.6 cm³/mol. The summed E-state index contributed by atoms with van der Waals surface area (Å²) in [7, 11) is 0. The van der Waals surface area contributed by atoms with Crippen LogP contribution in [0.5, 0.6) is 11.6 Å². The number of ether oxygens (including phenoxy) is 1. The van der Waals surface area contributed by atoms with Crippen LogP contribution in [0.15, 0.2) is 30.5 Å². The quantitative estimate of drug-likeness (QED) is 0.774. The number of pyridine rings is 1. The largest absolute Gasteiger partial charge is 0.437 e. The lowest BCUT2D eigenvalue weighted by atomic mass is 10.2. The summed E-state index contributed by atoms with van der Waals surface area (Å²) in [5.74, 6) is 0.584. The molecular weight excluding hydrogens is 327 g/mol. The number of rotatable bonds is 3. The van der Waals surface area contributed by atoms with Crippen LogP contribution in [0.4, 0.5) is 13.2 Å². The van der Waals surface area contributed by atoms with Crippen LogP contribution in [0.3, 0.4) is 0 Å². The van der Waals surface area contributed by atoms with Crippen molar-refractivity contribution in [3.05, 3.63) is 46.6 Å². The summed E-state index contributed by atoms with van der Waals surface area (Å²) in [6, 6.07) is 5.65. The average Bonchev–Trinajstić information content (AvgIpc) is 2.89. The number of halogens is 3. The highest BCUT2D eigenvalue weighted by Crippen LogP contribution is 2.36. The van der Waals surface area contributed by atoms with Crippen LogP contribution < -0.4 is 10.5 Å². The minimum Gasteiger partial charge on any atom is -0.437 e. The van der Waals surface area contributed by atoms with Crippen LogP contribution in [0.2, 0.25) is 0 Å². The van der Waals surface area contributed by atoms with Crippen molar-refractivity contribution in [2.45, 2.75) is 19.6 Å². The molecule has 0 saturated carbocycles. The van der Waals surface area contributed by atoms with E-state index in [0.29, 0.717) is 12.3 Å². The van der Waals surface area contributed by atoms with Gasteiger partial charge in [-0.2, -0.15) is 13.2 Å². The minimum atomic E-state index is -4.42. The molecule has 0 saturated heterocycles. The number of nitrogens with two attached hydrogens (primary N) is 1. The number of alkyl halides is 3. The van der Waals surface area contributed by atoms with Crippen LogP contribution in [-0.4, -0.2) is 9.97 Å². The summed E-state index contributed by atoms with van der Waals surface area (Å²) >= 11 is 1.44. The van der Waals surface area contributed by atoms with Gasteiger partial charge in [-0.15, -0.1) is 11.3 Å². The maximum absolute atomic E-state index is 12.5. The molecule has 4 nitrogen and oxygen atoms in total. The molecule has 2 aromatic heterocycles. The van der Waals surface area contributed by atoms with Crippen molar-refractivity contribution in [2.24, 2.45) is 5.73 Å². The van der Waals surface area contributed by atoms with E-state index < -0.39 is 11.7 Å². The third-order valence-corrected chi connectivity index (χ3v) is 4.18. The topological polar surface area (TPSA) is 61.0 Å². The monoisotopic (exact) mass is 339 g/mol. The van der Waals surface area contributed by atoms with Crippen molar-refractivity contribution in [2.75, 3.05) is 0 Å². The summed E-state index contributed by atoms with van der Waals surface area (Å²) in [5.41, 5.74) is 6.51. The van der Waals surface area contributed by atoms with Crippen LogP contribution in [0.1, 0.15) is 16.1 Å². The number of thiazole rings is 1. The second kappa shape index (κ2) is 5.78. The van der Waals surface area contributed by atoms with Gasteiger partial charge in [-0.05, 0) is 24.6 Å². The van der Waals surface area contributed by atoms with Gasteiger partial charge in [0.25, 0.3) is 0 Å². The summed E-state index contributed by atoms with van der Waals surface area (Å²) < 4.78 is 44.0. The normalized spacial score (nSPS) is 11.9. The summed E-state index contributed by atoms with van der Waals surface area (Å²) in [5, 5.41) is 0.853. The Balaban J connectivity index is 1.96. The number of fused-ring (bicyclic) bond motifs is 1. The van der Waals surface area contributed by atoms with Gasteiger partial charge in [-0.25, -0.2) is 9.97 Å². The van der Waals surface area contributed by atoms with Gasteiger partial charge >= 0.3 is 6.18 Å². The Morgan fingerprint density at radius 3 is 2.61 bits per heavy atom. The van der Waals surface area contributed by atoms with Crippen molar-refractivity contribution in [3.63, 3.8) is 0 Å². The molecule has 0 aliphatic carbocycles. The van der Waals surface area contributed by atoms with E-state index in [2.05, 4.69) is 9.97 Å². The van der Waals surface area contributed by atoms with E-state index in [1.165, 1.54) is 17.4 Å². The second-order valence-electron chi connectivity index (χ2n) is 4.82. The number of hydrogen-bond acceptors (Lipinski definition) is 5. The van der Waals surface area contributed by atoms with E-state index in [1.807, 2.05) is 6.92 Å². The van der Waals surface area contributed by atoms with E-state index in [-0.39, 0.29) is 5.88 Å². The van der Waals surface area contributed by atoms with E-state index in [0.717, 1.165) is 33.1 Å². The third kappa shape index (κ3) is 3.13. The molecule has 2 heterocycles. The summed E-state index contributed by atoms with van der Waals surface area (Å²) in [4.78, 5) is 8.14. The van der Waals surface area contributed by atoms with Gasteiger partial charge < -0.3 is 10.5 Å². The highest BCUT2D eigenvalue weighted by Gasteiger charge is 2.30. The smallest absolute Gasteiger partial charge is 0.417 e. The van der Waals surface area contributed by atoms with E-state index >= 15 is 0 Å². The van der Waals surface area contributed by atoms with E-state index in [1.54, 1.807) is 12.1 Å². The molecule has 0 atom stereocenters. The second-order valence-corrected chi connectivity index (χ2v) is 6.03. The Kier molecular flexibility index (Phi) is 3.95. The van der Waals surface area contributed by atoms with Gasteiger partial charge in [0.15, 0.2) is 0 Å². The van der Waals surface area contributed by atoms with Gasteiger partial charge in [0.2, 0.25) is 5.88 Å². The van der Waals surface area contributed by atoms with Gasteiger partial charge in [0.05, 0.1) is 20.8 Å². The first-order valence-corrected chi connectivity index (χ1v) is 7.50. The van der Waals surface area contributed by atoms with E-state index in [9.17, 15) is 13.2 Å². The van der Waals surface area contributed by atoms with Crippen LogP contribution in [0.25, 0.3) is 10.2 Å². The fourth-order valence-corrected chi connectivity index (χ4v) is 3.02. The van der Waals surface area contributed by atoms with E-state index in [4.69, 9.17) is 10.5 Å². The highest BCUT2D eigenvalue weighted by molar-refractivity contribution is 7.18. The Hall–Kier alpha value is -2.19. The zero-order valence-corrected chi connectivity index (χ0v) is 12.8. The molecule has 3 rings (SSSR count). The Morgan fingerprint density at radius 1 is 1.22 bits per heavy atom. The minimum absolute atomic E-state index is 0.0888. The van der Waals surface area contributed by atoms with Gasteiger partial charge in [-0.3, -0.25) is 0 Å². The molecule has 0 unspecified atom stereocenters. The zero-order chi connectivity index (χ0) is 16.6. The number of hydrogen-bond donors (Lipinski definition) is 1. The molecule has 0 aliphatic heterocycles. The lowest BCUT2D eigenvalue weighted by Crippen LogP contribution is -2.05. The maximum atomic E-state index is 12.5. The van der Waals surface area contributed by atoms with Gasteiger partial charge in [-0.1, -0.05) is 6.07 Å². The molecule has 0 fully saturated rings. The molecule has 1 aromatic carbocycles. The van der Waals surface area contributed by atoms with Crippen molar-refractivity contribution in [1.29, 1.82) is 0 Å². The Morgan fingerprint density at radius 2 is 2.00 bits per heavy atom. The third-order valence-electron chi connectivity index (χ3n) is 3.20. The van der Waals surface area contributed by atoms with Crippen molar-refractivity contribution >= 4 is 21.6 Å². The van der Waals surface area contributed by atoms with Crippen molar-refractivity contribution in [1.82, 2.24) is 9.97 Å². The Labute approximate surface area is 133 Å². The molecule has 23 heavy (non-hydrogen) atoms. The highest BCUT2D eigenvalue weighted by atomic mass is 32.1. The predicted octanol–water partition coefficient (Wildman–Crippen LogP) is 4.27. The maximum Gasteiger partial charge on any atom is 0.417 e. The molecule has 0 radical (unpaired) electrons. The molecule has 120 valence electrons. The molecule has 0 aliphatic rings. The summed E-state index contributed by atoms with van der Waals surface area (Å²) in [6.45, 7) is 2.21. The van der Waals surface area contributed by atoms with Crippen molar-refractivity contribution < 1.29 is 17.9 Å². The fourth-order valence-electron chi connectivity index (χ4n) is 2.11.